The first-order chi connectivity index (χ1) is 12.8. The lowest BCUT2D eigenvalue weighted by Gasteiger charge is -2.24. The highest BCUT2D eigenvalue weighted by Crippen LogP contribution is 2.27. The summed E-state index contributed by atoms with van der Waals surface area (Å²) in [7, 11) is -2.38. The highest BCUT2D eigenvalue weighted by atomic mass is 32.2. The Morgan fingerprint density at radius 1 is 1.15 bits per heavy atom. The number of aryl methyl sites for hydroxylation is 1. The summed E-state index contributed by atoms with van der Waals surface area (Å²) >= 11 is 0. The van der Waals surface area contributed by atoms with Crippen LogP contribution < -0.4 is 14.4 Å². The van der Waals surface area contributed by atoms with Gasteiger partial charge in [0.05, 0.1) is 17.7 Å². The Labute approximate surface area is 161 Å². The second-order valence-corrected chi connectivity index (χ2v) is 8.54. The molecule has 0 unspecified atom stereocenters. The zero-order chi connectivity index (χ0) is 20.0. The number of ether oxygens (including phenoxy) is 1. The third-order valence-electron chi connectivity index (χ3n) is 3.99. The van der Waals surface area contributed by atoms with Crippen LogP contribution in [0.5, 0.6) is 5.75 Å². The van der Waals surface area contributed by atoms with Crippen LogP contribution >= 0.6 is 0 Å². The van der Waals surface area contributed by atoms with Crippen LogP contribution in [0.15, 0.2) is 53.4 Å². The second-order valence-electron chi connectivity index (χ2n) is 6.68. The molecule has 0 saturated heterocycles. The lowest BCUT2D eigenvalue weighted by molar-refractivity contribution is -0.119. The van der Waals surface area contributed by atoms with Crippen molar-refractivity contribution in [3.63, 3.8) is 0 Å². The molecule has 0 atom stereocenters. The van der Waals surface area contributed by atoms with E-state index in [1.54, 1.807) is 49.4 Å². The van der Waals surface area contributed by atoms with Gasteiger partial charge in [-0.3, -0.25) is 9.10 Å². The van der Waals surface area contributed by atoms with Crippen molar-refractivity contribution in [1.82, 2.24) is 5.32 Å². The Balaban J connectivity index is 2.40. The number of methoxy groups -OCH3 is 1. The lowest BCUT2D eigenvalue weighted by Crippen LogP contribution is -2.41. The molecule has 0 saturated carbocycles. The number of nitrogens with zero attached hydrogens (tertiary/aromatic N) is 1. The van der Waals surface area contributed by atoms with Crippen LogP contribution in [0.2, 0.25) is 0 Å². The van der Waals surface area contributed by atoms with Gasteiger partial charge in [-0.25, -0.2) is 8.42 Å². The number of hydrogen-bond acceptors (Lipinski definition) is 4. The van der Waals surface area contributed by atoms with E-state index >= 15 is 0 Å². The molecular formula is C20H26N2O4S. The van der Waals surface area contributed by atoms with E-state index < -0.39 is 10.0 Å². The smallest absolute Gasteiger partial charge is 0.264 e. The van der Waals surface area contributed by atoms with Crippen molar-refractivity contribution in [3.05, 3.63) is 54.1 Å². The maximum atomic E-state index is 13.3. The van der Waals surface area contributed by atoms with Gasteiger partial charge in [0, 0.05) is 6.54 Å². The zero-order valence-electron chi connectivity index (χ0n) is 16.1. The van der Waals surface area contributed by atoms with Gasteiger partial charge < -0.3 is 10.1 Å². The van der Waals surface area contributed by atoms with Gasteiger partial charge in [0.2, 0.25) is 5.91 Å². The van der Waals surface area contributed by atoms with E-state index in [4.69, 9.17) is 4.74 Å². The van der Waals surface area contributed by atoms with E-state index in [1.807, 2.05) is 13.8 Å². The summed E-state index contributed by atoms with van der Waals surface area (Å²) in [5.74, 6) is 0.538. The van der Waals surface area contributed by atoms with E-state index in [2.05, 4.69) is 5.32 Å². The van der Waals surface area contributed by atoms with E-state index in [0.717, 1.165) is 4.31 Å². The number of para-hydroxylation sites is 1. The summed E-state index contributed by atoms with van der Waals surface area (Å²) < 4.78 is 32.9. The highest BCUT2D eigenvalue weighted by Gasteiger charge is 2.27. The van der Waals surface area contributed by atoms with Crippen LogP contribution in [0.1, 0.15) is 19.4 Å². The van der Waals surface area contributed by atoms with Crippen molar-refractivity contribution in [2.24, 2.45) is 5.92 Å². The quantitative estimate of drug-likeness (QED) is 0.752. The van der Waals surface area contributed by atoms with E-state index in [0.29, 0.717) is 23.5 Å². The third kappa shape index (κ3) is 5.23. The molecular weight excluding hydrogens is 364 g/mol. The molecule has 2 aromatic rings. The van der Waals surface area contributed by atoms with Crippen molar-refractivity contribution in [3.8, 4) is 5.75 Å². The van der Waals surface area contributed by atoms with Crippen molar-refractivity contribution >= 4 is 21.6 Å². The molecule has 0 aliphatic carbocycles. The maximum absolute atomic E-state index is 13.3. The Kier molecular flexibility index (Phi) is 6.85. The molecule has 0 radical (unpaired) electrons. The lowest BCUT2D eigenvalue weighted by atomic mass is 10.2. The monoisotopic (exact) mass is 390 g/mol. The second kappa shape index (κ2) is 8.90. The van der Waals surface area contributed by atoms with Crippen molar-refractivity contribution < 1.29 is 17.9 Å². The normalized spacial score (nSPS) is 11.3. The molecule has 0 aromatic heterocycles. The van der Waals surface area contributed by atoms with Crippen LogP contribution in [0, 0.1) is 12.8 Å². The van der Waals surface area contributed by atoms with Gasteiger partial charge >= 0.3 is 0 Å². The summed E-state index contributed by atoms with van der Waals surface area (Å²) in [5, 5.41) is 2.77. The average Bonchev–Trinajstić information content (AvgIpc) is 2.64. The molecule has 0 spiro atoms. The van der Waals surface area contributed by atoms with Crippen LogP contribution in [-0.4, -0.2) is 34.5 Å². The summed E-state index contributed by atoms with van der Waals surface area (Å²) in [5.41, 5.74) is 1.14. The summed E-state index contributed by atoms with van der Waals surface area (Å²) in [6, 6.07) is 13.3. The van der Waals surface area contributed by atoms with Gasteiger partial charge in [-0.05, 0) is 48.7 Å². The minimum atomic E-state index is -3.92. The van der Waals surface area contributed by atoms with E-state index in [9.17, 15) is 13.2 Å². The molecule has 1 N–H and O–H groups in total. The minimum Gasteiger partial charge on any atom is -0.496 e. The van der Waals surface area contributed by atoms with E-state index in [1.165, 1.54) is 13.2 Å². The first kappa shape index (κ1) is 20.8. The molecule has 146 valence electrons. The summed E-state index contributed by atoms with van der Waals surface area (Å²) in [6.45, 7) is 5.94. The number of nitrogens with one attached hydrogen (secondary N) is 1. The number of carbonyl (C=O) groups excluding carboxylic acids is 1. The first-order valence-corrected chi connectivity index (χ1v) is 10.2. The van der Waals surface area contributed by atoms with Gasteiger partial charge in [0.15, 0.2) is 0 Å². The molecule has 0 bridgehead atoms. The molecule has 0 aliphatic rings. The zero-order valence-corrected chi connectivity index (χ0v) is 16.9. The summed E-state index contributed by atoms with van der Waals surface area (Å²) in [4.78, 5) is 12.5. The Bertz CT molecular complexity index is 880. The number of rotatable bonds is 8. The summed E-state index contributed by atoms with van der Waals surface area (Å²) in [6.07, 6.45) is 0. The molecule has 6 nitrogen and oxygen atoms in total. The van der Waals surface area contributed by atoms with Crippen molar-refractivity contribution in [2.75, 3.05) is 24.5 Å². The number of hydrogen-bond donors (Lipinski definition) is 1. The fraction of sp³-hybridized carbons (Fsp3) is 0.350. The molecule has 27 heavy (non-hydrogen) atoms. The third-order valence-corrected chi connectivity index (χ3v) is 5.76. The van der Waals surface area contributed by atoms with Gasteiger partial charge in [0.1, 0.15) is 12.3 Å². The van der Waals surface area contributed by atoms with Crippen molar-refractivity contribution in [2.45, 2.75) is 25.7 Å². The molecule has 1 amide bonds. The number of amides is 1. The van der Waals surface area contributed by atoms with E-state index in [-0.39, 0.29) is 23.3 Å². The van der Waals surface area contributed by atoms with Crippen molar-refractivity contribution in [1.29, 1.82) is 0 Å². The minimum absolute atomic E-state index is 0.112. The molecule has 0 fully saturated rings. The SMILES string of the molecule is COc1ccc(S(=O)(=O)N(CC(=O)NCC(C)C)c2ccccc2)cc1C. The fourth-order valence-corrected chi connectivity index (χ4v) is 4.06. The van der Waals surface area contributed by atoms with Crippen LogP contribution in [0.3, 0.4) is 0 Å². The van der Waals surface area contributed by atoms with Gasteiger partial charge in [-0.2, -0.15) is 0 Å². The largest absolute Gasteiger partial charge is 0.496 e. The average molecular weight is 391 g/mol. The topological polar surface area (TPSA) is 75.7 Å². The fourth-order valence-electron chi connectivity index (χ4n) is 2.55. The number of carbonyl (C=O) groups is 1. The Hall–Kier alpha value is -2.54. The molecule has 2 rings (SSSR count). The van der Waals surface area contributed by atoms with Crippen LogP contribution in [0.25, 0.3) is 0 Å². The van der Waals surface area contributed by atoms with Gasteiger partial charge in [-0.1, -0.05) is 32.0 Å². The molecule has 2 aromatic carbocycles. The van der Waals surface area contributed by atoms with Crippen LogP contribution in [-0.2, 0) is 14.8 Å². The molecule has 7 heteroatoms. The number of anilines is 1. The van der Waals surface area contributed by atoms with Gasteiger partial charge in [0.25, 0.3) is 10.0 Å². The molecule has 0 aliphatic heterocycles. The predicted octanol–water partition coefficient (Wildman–Crippen LogP) is 2.97. The standard InChI is InChI=1S/C20H26N2O4S/c1-15(2)13-21-20(23)14-22(17-8-6-5-7-9-17)27(24,25)18-10-11-19(26-4)16(3)12-18/h5-12,15H,13-14H2,1-4H3,(H,21,23). The number of sulfonamides is 1. The molecule has 0 heterocycles. The number of benzene rings is 2. The first-order valence-electron chi connectivity index (χ1n) is 8.75. The maximum Gasteiger partial charge on any atom is 0.264 e. The van der Waals surface area contributed by atoms with Crippen LogP contribution in [0.4, 0.5) is 5.69 Å². The Morgan fingerprint density at radius 3 is 2.37 bits per heavy atom. The highest BCUT2D eigenvalue weighted by molar-refractivity contribution is 7.92. The van der Waals surface area contributed by atoms with Gasteiger partial charge in [-0.15, -0.1) is 0 Å². The Morgan fingerprint density at radius 2 is 1.81 bits per heavy atom. The predicted molar refractivity (Wildman–Crippen MR) is 107 cm³/mol.